The number of halogens is 3. The number of pyridine rings is 1. The molecule has 2 aromatic heterocycles. The Bertz CT molecular complexity index is 1000. The van der Waals surface area contributed by atoms with E-state index in [1.807, 2.05) is 32.7 Å². The van der Waals surface area contributed by atoms with E-state index in [1.165, 1.54) is 12.3 Å². The van der Waals surface area contributed by atoms with Crippen molar-refractivity contribution in [2.24, 2.45) is 5.92 Å². The van der Waals surface area contributed by atoms with E-state index in [9.17, 15) is 18.0 Å². The van der Waals surface area contributed by atoms with E-state index in [2.05, 4.69) is 30.5 Å². The molecule has 0 radical (unpaired) electrons. The summed E-state index contributed by atoms with van der Waals surface area (Å²) < 4.78 is 37.9. The van der Waals surface area contributed by atoms with Crippen molar-refractivity contribution in [1.82, 2.24) is 19.9 Å². The molecule has 2 N–H and O–H groups in total. The topological polar surface area (TPSA) is 86.3 Å². The average Bonchev–Trinajstić information content (AvgIpc) is 2.67. The number of carbonyl (C=O) groups is 1. The fourth-order valence-corrected chi connectivity index (χ4v) is 4.20. The van der Waals surface area contributed by atoms with Crippen molar-refractivity contribution < 1.29 is 18.0 Å². The fourth-order valence-electron chi connectivity index (χ4n) is 4.20. The molecule has 1 amide bonds. The Morgan fingerprint density at radius 3 is 2.56 bits per heavy atom. The van der Waals surface area contributed by atoms with Crippen LogP contribution in [0.25, 0.3) is 0 Å². The molecule has 8 nitrogen and oxygen atoms in total. The average molecular weight is 449 g/mol. The van der Waals surface area contributed by atoms with E-state index < -0.39 is 11.9 Å². The predicted octanol–water partition coefficient (Wildman–Crippen LogP) is 2.91. The van der Waals surface area contributed by atoms with Crippen molar-refractivity contribution in [3.63, 3.8) is 0 Å². The third kappa shape index (κ3) is 4.34. The highest BCUT2D eigenvalue weighted by Gasteiger charge is 2.36. The molecule has 0 bridgehead atoms. The molecule has 0 saturated carbocycles. The molecule has 4 heterocycles. The van der Waals surface area contributed by atoms with Gasteiger partial charge in [0.15, 0.2) is 5.82 Å². The number of aromatic nitrogens is 3. The van der Waals surface area contributed by atoms with Gasteiger partial charge in [-0.25, -0.2) is 4.98 Å². The Morgan fingerprint density at radius 1 is 1.25 bits per heavy atom. The molecule has 11 heteroatoms. The number of anilines is 3. The number of likely N-dealkylation sites (N-methyl/N-ethyl adjacent to an activating group) is 1. The lowest BCUT2D eigenvalue weighted by Gasteiger charge is -2.40. The summed E-state index contributed by atoms with van der Waals surface area (Å²) in [5.41, 5.74) is 1.16. The summed E-state index contributed by atoms with van der Waals surface area (Å²) in [5, 5.41) is 6.25. The molecule has 2 aromatic rings. The molecule has 0 unspecified atom stereocenters. The number of hydrogen-bond donors (Lipinski definition) is 2. The van der Waals surface area contributed by atoms with Gasteiger partial charge in [0.25, 0.3) is 0 Å². The van der Waals surface area contributed by atoms with Crippen LogP contribution in [0.1, 0.15) is 30.8 Å². The highest BCUT2D eigenvalue weighted by Crippen LogP contribution is 2.34. The lowest BCUT2D eigenvalue weighted by atomic mass is 9.99. The minimum absolute atomic E-state index is 0.0604. The molecule has 0 spiro atoms. The van der Waals surface area contributed by atoms with E-state index in [0.29, 0.717) is 42.8 Å². The van der Waals surface area contributed by atoms with Crippen molar-refractivity contribution in [3.05, 3.63) is 35.3 Å². The first-order valence-corrected chi connectivity index (χ1v) is 10.5. The summed E-state index contributed by atoms with van der Waals surface area (Å²) in [6.45, 7) is 7.77. The van der Waals surface area contributed by atoms with Crippen LogP contribution in [0.5, 0.6) is 0 Å². The van der Waals surface area contributed by atoms with Gasteiger partial charge in [0.05, 0.1) is 11.7 Å². The number of nitrogens with zero attached hydrogens (tertiary/aromatic N) is 5. The second-order valence-electron chi connectivity index (χ2n) is 8.71. The normalized spacial score (nSPS) is 19.6. The maximum Gasteiger partial charge on any atom is 0.433 e. The Kier molecular flexibility index (Phi) is 5.70. The quantitative estimate of drug-likeness (QED) is 0.726. The van der Waals surface area contributed by atoms with Gasteiger partial charge in [0.2, 0.25) is 11.9 Å². The fraction of sp³-hybridized carbons (Fsp3) is 0.524. The molecule has 2 aliphatic rings. The van der Waals surface area contributed by atoms with E-state index >= 15 is 0 Å². The summed E-state index contributed by atoms with van der Waals surface area (Å²) in [4.78, 5) is 29.1. The number of nitrogens with one attached hydrogen (secondary N) is 2. The van der Waals surface area contributed by atoms with Gasteiger partial charge in [-0.2, -0.15) is 18.2 Å². The van der Waals surface area contributed by atoms with E-state index in [4.69, 9.17) is 0 Å². The molecule has 172 valence electrons. The van der Waals surface area contributed by atoms with Crippen LogP contribution in [0.2, 0.25) is 0 Å². The molecule has 1 saturated heterocycles. The van der Waals surface area contributed by atoms with Gasteiger partial charge in [-0.15, -0.1) is 0 Å². The molecule has 2 aliphatic heterocycles. The van der Waals surface area contributed by atoms with Crippen LogP contribution in [0.4, 0.5) is 30.6 Å². The Labute approximate surface area is 184 Å². The van der Waals surface area contributed by atoms with Crippen LogP contribution in [-0.2, 0) is 17.5 Å². The molecule has 0 aliphatic carbocycles. The largest absolute Gasteiger partial charge is 0.433 e. The monoisotopic (exact) mass is 449 g/mol. The second kappa shape index (κ2) is 8.19. The summed E-state index contributed by atoms with van der Waals surface area (Å²) in [7, 11) is 1.86. The number of aryl methyl sites for hydroxylation is 1. The SMILES string of the molecule is Cc1nc(NC2CN(Cc3ccc(C(F)(F)F)nc3)C2)nc2c1NC(=O)[C@H](C(C)C)N2C. The highest BCUT2D eigenvalue weighted by atomic mass is 19.4. The molecule has 1 atom stereocenters. The minimum Gasteiger partial charge on any atom is -0.349 e. The van der Waals surface area contributed by atoms with Gasteiger partial charge in [0, 0.05) is 32.9 Å². The first-order chi connectivity index (χ1) is 15.0. The third-order valence-electron chi connectivity index (χ3n) is 5.78. The van der Waals surface area contributed by atoms with Crippen molar-refractivity contribution in [2.75, 3.05) is 35.7 Å². The van der Waals surface area contributed by atoms with Crippen LogP contribution in [0, 0.1) is 12.8 Å². The lowest BCUT2D eigenvalue weighted by Crippen LogP contribution is -2.54. The van der Waals surface area contributed by atoms with Crippen LogP contribution < -0.4 is 15.5 Å². The number of carbonyl (C=O) groups excluding carboxylic acids is 1. The van der Waals surface area contributed by atoms with Gasteiger partial charge in [-0.3, -0.25) is 14.7 Å². The predicted molar refractivity (Wildman–Crippen MR) is 114 cm³/mol. The Morgan fingerprint density at radius 2 is 1.97 bits per heavy atom. The second-order valence-corrected chi connectivity index (χ2v) is 8.71. The van der Waals surface area contributed by atoms with E-state index in [1.54, 1.807) is 0 Å². The standard InChI is InChI=1S/C21H26F3N7O/c1-11(2)17-19(32)28-16-12(3)26-20(29-18(16)30(17)4)27-14-9-31(10-14)8-13-5-6-15(25-7-13)21(22,23)24/h5-7,11,14,17H,8-10H2,1-4H3,(H,28,32)(H,26,27,29)/t17-/m0/s1. The van der Waals surface area contributed by atoms with Gasteiger partial charge in [0.1, 0.15) is 17.4 Å². The molecule has 1 fully saturated rings. The lowest BCUT2D eigenvalue weighted by molar-refractivity contribution is -0.141. The zero-order chi connectivity index (χ0) is 23.2. The van der Waals surface area contributed by atoms with Crippen LogP contribution >= 0.6 is 0 Å². The molecule has 32 heavy (non-hydrogen) atoms. The van der Waals surface area contributed by atoms with Crippen molar-refractivity contribution in [3.8, 4) is 0 Å². The molecular formula is C21H26F3N7O. The maximum absolute atomic E-state index is 12.6. The number of alkyl halides is 3. The number of fused-ring (bicyclic) bond motifs is 1. The minimum atomic E-state index is -4.43. The van der Waals surface area contributed by atoms with Gasteiger partial charge in [-0.05, 0) is 24.5 Å². The van der Waals surface area contributed by atoms with E-state index in [0.717, 1.165) is 11.6 Å². The Balaban J connectivity index is 1.37. The zero-order valence-electron chi connectivity index (χ0n) is 18.4. The van der Waals surface area contributed by atoms with Gasteiger partial charge < -0.3 is 15.5 Å². The summed E-state index contributed by atoms with van der Waals surface area (Å²) in [6, 6.07) is 2.29. The third-order valence-corrected chi connectivity index (χ3v) is 5.78. The molecule has 0 aromatic carbocycles. The van der Waals surface area contributed by atoms with Crippen LogP contribution in [0.15, 0.2) is 18.3 Å². The molecule has 4 rings (SSSR count). The summed E-state index contributed by atoms with van der Waals surface area (Å²) in [6.07, 6.45) is -3.15. The van der Waals surface area contributed by atoms with E-state index in [-0.39, 0.29) is 23.9 Å². The summed E-state index contributed by atoms with van der Waals surface area (Å²) in [5.74, 6) is 1.24. The maximum atomic E-state index is 12.6. The Hall–Kier alpha value is -2.95. The summed E-state index contributed by atoms with van der Waals surface area (Å²) >= 11 is 0. The number of rotatable bonds is 5. The first-order valence-electron chi connectivity index (χ1n) is 10.5. The van der Waals surface area contributed by atoms with Crippen LogP contribution in [0.3, 0.4) is 0 Å². The zero-order valence-corrected chi connectivity index (χ0v) is 18.4. The van der Waals surface area contributed by atoms with Crippen molar-refractivity contribution >= 4 is 23.4 Å². The number of amides is 1. The van der Waals surface area contributed by atoms with Gasteiger partial charge >= 0.3 is 6.18 Å². The first kappa shape index (κ1) is 22.3. The number of hydrogen-bond acceptors (Lipinski definition) is 7. The molecular weight excluding hydrogens is 423 g/mol. The van der Waals surface area contributed by atoms with Crippen LogP contribution in [-0.4, -0.2) is 58.0 Å². The van der Waals surface area contributed by atoms with Crippen molar-refractivity contribution in [2.45, 2.75) is 45.6 Å². The van der Waals surface area contributed by atoms with Crippen molar-refractivity contribution in [1.29, 1.82) is 0 Å². The van der Waals surface area contributed by atoms with Gasteiger partial charge in [-0.1, -0.05) is 19.9 Å². The number of likely N-dealkylation sites (tertiary alicyclic amines) is 1. The highest BCUT2D eigenvalue weighted by molar-refractivity contribution is 6.03. The smallest absolute Gasteiger partial charge is 0.349 e.